The summed E-state index contributed by atoms with van der Waals surface area (Å²) in [4.78, 5) is 27.8. The topological polar surface area (TPSA) is 97.8 Å². The van der Waals surface area contributed by atoms with Crippen LogP contribution in [0.2, 0.25) is 0 Å². The van der Waals surface area contributed by atoms with Crippen LogP contribution in [0.4, 0.5) is 0 Å². The summed E-state index contributed by atoms with van der Waals surface area (Å²) in [5, 5.41) is 11.8. The lowest BCUT2D eigenvalue weighted by Crippen LogP contribution is -2.44. The number of carbonyl (C=O) groups excluding carboxylic acids is 1. The van der Waals surface area contributed by atoms with Gasteiger partial charge in [-0.25, -0.2) is 4.79 Å². The first-order valence-electron chi connectivity index (χ1n) is 8.74. The first-order chi connectivity index (χ1) is 12.9. The smallest absolute Gasteiger partial charge is 0.326 e. The van der Waals surface area contributed by atoms with Crippen LogP contribution < -0.4 is 14.8 Å². The summed E-state index contributed by atoms with van der Waals surface area (Å²) >= 11 is 0. The molecule has 1 amide bonds. The van der Waals surface area contributed by atoms with Crippen molar-refractivity contribution in [1.82, 2.24) is 10.3 Å². The molecule has 0 saturated carbocycles. The molecule has 2 rings (SSSR count). The van der Waals surface area contributed by atoms with E-state index in [0.29, 0.717) is 30.3 Å². The average molecular weight is 372 g/mol. The maximum atomic E-state index is 12.4. The molecule has 2 N–H and O–H groups in total. The molecule has 0 fully saturated rings. The normalized spacial score (nSPS) is 11.7. The van der Waals surface area contributed by atoms with Gasteiger partial charge in [-0.2, -0.15) is 0 Å². The molecule has 0 aliphatic heterocycles. The highest BCUT2D eigenvalue weighted by molar-refractivity contribution is 5.97. The molecule has 1 aromatic heterocycles. The molecule has 0 radical (unpaired) electrons. The van der Waals surface area contributed by atoms with E-state index in [1.165, 1.54) is 0 Å². The minimum atomic E-state index is -1.07. The van der Waals surface area contributed by atoms with Crippen molar-refractivity contribution in [2.24, 2.45) is 5.92 Å². The molecule has 1 unspecified atom stereocenters. The number of rotatable bonds is 9. The van der Waals surface area contributed by atoms with Crippen molar-refractivity contribution >= 4 is 11.9 Å². The number of pyridine rings is 1. The lowest BCUT2D eigenvalue weighted by Gasteiger charge is -2.18. The Balaban J connectivity index is 2.15. The second-order valence-electron chi connectivity index (χ2n) is 6.28. The Bertz CT molecular complexity index is 777. The predicted octanol–water partition coefficient (Wildman–Crippen LogP) is 2.90. The lowest BCUT2D eigenvalue weighted by molar-refractivity contribution is -0.140. The molecule has 7 heteroatoms. The minimum absolute atomic E-state index is 0.236. The Morgan fingerprint density at radius 3 is 2.56 bits per heavy atom. The fraction of sp³-hybridized carbons (Fsp3) is 0.350. The summed E-state index contributed by atoms with van der Waals surface area (Å²) in [6.07, 6.45) is 3.39. The van der Waals surface area contributed by atoms with Crippen LogP contribution in [0.1, 0.15) is 36.7 Å². The van der Waals surface area contributed by atoms with Crippen molar-refractivity contribution in [2.75, 3.05) is 6.61 Å². The molecule has 0 spiro atoms. The molecule has 0 aliphatic carbocycles. The number of nitrogens with one attached hydrogen (secondary N) is 1. The molecule has 1 atom stereocenters. The van der Waals surface area contributed by atoms with Gasteiger partial charge in [0.2, 0.25) is 0 Å². The maximum Gasteiger partial charge on any atom is 0.326 e. The SMILES string of the molecule is CCOc1cc(C(=O)NC(C(=O)O)C(C)C)ccc1OCc1cccnc1. The second kappa shape index (κ2) is 9.56. The van der Waals surface area contributed by atoms with Gasteiger partial charge < -0.3 is 19.9 Å². The largest absolute Gasteiger partial charge is 0.490 e. The number of aromatic nitrogens is 1. The molecule has 2 aromatic rings. The van der Waals surface area contributed by atoms with Crippen molar-refractivity contribution in [2.45, 2.75) is 33.4 Å². The first kappa shape index (κ1) is 20.2. The number of hydrogen-bond acceptors (Lipinski definition) is 5. The highest BCUT2D eigenvalue weighted by atomic mass is 16.5. The molecule has 27 heavy (non-hydrogen) atoms. The van der Waals surface area contributed by atoms with Crippen LogP contribution in [0.5, 0.6) is 11.5 Å². The summed E-state index contributed by atoms with van der Waals surface area (Å²) in [6, 6.07) is 7.53. The van der Waals surface area contributed by atoms with Gasteiger partial charge in [0.05, 0.1) is 6.61 Å². The second-order valence-corrected chi connectivity index (χ2v) is 6.28. The zero-order chi connectivity index (χ0) is 19.8. The summed E-state index contributed by atoms with van der Waals surface area (Å²) in [5.74, 6) is -0.864. The summed E-state index contributed by atoms with van der Waals surface area (Å²) in [6.45, 7) is 6.02. The Kier molecular flexibility index (Phi) is 7.16. The maximum absolute atomic E-state index is 12.4. The highest BCUT2D eigenvalue weighted by Crippen LogP contribution is 2.29. The standard InChI is InChI=1S/C20H24N2O5/c1-4-26-17-10-15(19(23)22-18(13(2)3)20(24)25)7-8-16(17)27-12-14-6-5-9-21-11-14/h5-11,13,18H,4,12H2,1-3H3,(H,22,23)(H,24,25). The van der Waals surface area contributed by atoms with Gasteiger partial charge >= 0.3 is 5.97 Å². The fourth-order valence-corrected chi connectivity index (χ4v) is 2.42. The van der Waals surface area contributed by atoms with Gasteiger partial charge in [0.1, 0.15) is 12.6 Å². The number of carboxylic acids is 1. The summed E-state index contributed by atoms with van der Waals surface area (Å²) < 4.78 is 11.4. The van der Waals surface area contributed by atoms with E-state index >= 15 is 0 Å². The number of carboxylic acid groups (broad SMARTS) is 1. The van der Waals surface area contributed by atoms with E-state index in [-0.39, 0.29) is 5.92 Å². The van der Waals surface area contributed by atoms with E-state index in [0.717, 1.165) is 5.56 Å². The molecular weight excluding hydrogens is 348 g/mol. The lowest BCUT2D eigenvalue weighted by atomic mass is 10.0. The van der Waals surface area contributed by atoms with E-state index in [9.17, 15) is 14.7 Å². The third-order valence-electron chi connectivity index (χ3n) is 3.84. The number of nitrogens with zero attached hydrogens (tertiary/aromatic N) is 1. The predicted molar refractivity (Wildman–Crippen MR) is 99.9 cm³/mol. The van der Waals surface area contributed by atoms with Crippen molar-refractivity contribution in [3.63, 3.8) is 0 Å². The number of hydrogen-bond donors (Lipinski definition) is 2. The van der Waals surface area contributed by atoms with Gasteiger partial charge in [-0.1, -0.05) is 19.9 Å². The minimum Gasteiger partial charge on any atom is -0.490 e. The molecule has 1 aromatic carbocycles. The number of benzene rings is 1. The van der Waals surface area contributed by atoms with E-state index < -0.39 is 17.9 Å². The van der Waals surface area contributed by atoms with Gasteiger partial charge in [0.25, 0.3) is 5.91 Å². The van der Waals surface area contributed by atoms with E-state index in [2.05, 4.69) is 10.3 Å². The molecule has 0 aliphatic rings. The van der Waals surface area contributed by atoms with Crippen LogP contribution in [0.15, 0.2) is 42.7 Å². The zero-order valence-electron chi connectivity index (χ0n) is 15.6. The first-order valence-corrected chi connectivity index (χ1v) is 8.74. The fourth-order valence-electron chi connectivity index (χ4n) is 2.42. The Morgan fingerprint density at radius 2 is 1.96 bits per heavy atom. The molecule has 0 bridgehead atoms. The van der Waals surface area contributed by atoms with Crippen molar-refractivity contribution < 1.29 is 24.2 Å². The molecular formula is C20H24N2O5. The number of ether oxygens (including phenoxy) is 2. The molecule has 7 nitrogen and oxygen atoms in total. The molecule has 144 valence electrons. The van der Waals surface area contributed by atoms with Gasteiger partial charge in [0, 0.05) is 23.5 Å². The third-order valence-corrected chi connectivity index (χ3v) is 3.84. The third kappa shape index (κ3) is 5.70. The molecule has 0 saturated heterocycles. The van der Waals surface area contributed by atoms with Crippen LogP contribution in [-0.2, 0) is 11.4 Å². The van der Waals surface area contributed by atoms with Gasteiger partial charge in [-0.3, -0.25) is 9.78 Å². The Hall–Kier alpha value is -3.09. The van der Waals surface area contributed by atoms with E-state index in [1.807, 2.05) is 19.1 Å². The van der Waals surface area contributed by atoms with E-state index in [1.54, 1.807) is 44.4 Å². The van der Waals surface area contributed by atoms with E-state index in [4.69, 9.17) is 9.47 Å². The quantitative estimate of drug-likeness (QED) is 0.702. The van der Waals surface area contributed by atoms with Crippen LogP contribution in [-0.4, -0.2) is 34.6 Å². The number of amides is 1. The Morgan fingerprint density at radius 1 is 1.19 bits per heavy atom. The van der Waals surface area contributed by atoms with Crippen LogP contribution >= 0.6 is 0 Å². The number of carbonyl (C=O) groups is 2. The van der Waals surface area contributed by atoms with Crippen LogP contribution in [0.25, 0.3) is 0 Å². The Labute approximate surface area is 158 Å². The van der Waals surface area contributed by atoms with Crippen molar-refractivity contribution in [3.8, 4) is 11.5 Å². The average Bonchev–Trinajstić information content (AvgIpc) is 2.65. The zero-order valence-corrected chi connectivity index (χ0v) is 15.6. The highest BCUT2D eigenvalue weighted by Gasteiger charge is 2.24. The van der Waals surface area contributed by atoms with Crippen LogP contribution in [0.3, 0.4) is 0 Å². The van der Waals surface area contributed by atoms with Gasteiger partial charge in [-0.15, -0.1) is 0 Å². The van der Waals surface area contributed by atoms with Gasteiger partial charge in [-0.05, 0) is 37.1 Å². The van der Waals surface area contributed by atoms with Crippen LogP contribution in [0, 0.1) is 5.92 Å². The van der Waals surface area contributed by atoms with Crippen molar-refractivity contribution in [1.29, 1.82) is 0 Å². The summed E-state index contributed by atoms with van der Waals surface area (Å²) in [5.41, 5.74) is 1.21. The van der Waals surface area contributed by atoms with Crippen molar-refractivity contribution in [3.05, 3.63) is 53.9 Å². The summed E-state index contributed by atoms with van der Waals surface area (Å²) in [7, 11) is 0. The molecule has 1 heterocycles. The monoisotopic (exact) mass is 372 g/mol. The number of aliphatic carboxylic acids is 1. The van der Waals surface area contributed by atoms with Gasteiger partial charge in [0.15, 0.2) is 11.5 Å².